The van der Waals surface area contributed by atoms with Crippen LogP contribution in [0.4, 0.5) is 0 Å². The van der Waals surface area contributed by atoms with Crippen LogP contribution < -0.4 is 4.74 Å². The molecule has 0 fully saturated rings. The Hall–Kier alpha value is -3.08. The maximum atomic E-state index is 12.4. The van der Waals surface area contributed by atoms with Crippen LogP contribution in [0.3, 0.4) is 0 Å². The first kappa shape index (κ1) is 17.7. The van der Waals surface area contributed by atoms with Crippen molar-refractivity contribution in [2.24, 2.45) is 0 Å². The average molecular weight is 351 g/mol. The molecule has 0 aliphatic rings. The third-order valence-corrected chi connectivity index (χ3v) is 4.29. The van der Waals surface area contributed by atoms with Gasteiger partial charge in [-0.05, 0) is 30.5 Å². The summed E-state index contributed by atoms with van der Waals surface area (Å²) >= 11 is 0. The molecule has 0 unspecified atom stereocenters. The van der Waals surface area contributed by atoms with E-state index in [1.807, 2.05) is 43.3 Å². The predicted octanol–water partition coefficient (Wildman–Crippen LogP) is 3.84. The minimum atomic E-state index is -0.573. The highest BCUT2D eigenvalue weighted by molar-refractivity contribution is 6.09. The van der Waals surface area contributed by atoms with E-state index < -0.39 is 5.97 Å². The Bertz CT molecular complexity index is 942. The Morgan fingerprint density at radius 2 is 1.85 bits per heavy atom. The zero-order chi connectivity index (χ0) is 18.5. The second-order valence-corrected chi connectivity index (χ2v) is 6.03. The highest BCUT2D eigenvalue weighted by atomic mass is 16.6. The van der Waals surface area contributed by atoms with Gasteiger partial charge in [0, 0.05) is 22.7 Å². The minimum Gasteiger partial charge on any atom is -0.482 e. The number of H-pyrrole nitrogens is 1. The SMILES string of the molecule is CCc1cccc2c(C(=O)COC(=O)COc3ccccc3C)c[nH]c12. The topological polar surface area (TPSA) is 68.4 Å². The first-order valence-corrected chi connectivity index (χ1v) is 8.56. The van der Waals surface area contributed by atoms with Gasteiger partial charge in [-0.1, -0.05) is 43.3 Å². The zero-order valence-electron chi connectivity index (χ0n) is 14.9. The molecule has 3 rings (SSSR count). The Morgan fingerprint density at radius 1 is 1.04 bits per heavy atom. The van der Waals surface area contributed by atoms with Crippen LogP contribution >= 0.6 is 0 Å². The molecule has 0 saturated carbocycles. The first-order chi connectivity index (χ1) is 12.6. The molecule has 2 aromatic carbocycles. The molecule has 0 aliphatic heterocycles. The van der Waals surface area contributed by atoms with Crippen molar-refractivity contribution in [1.82, 2.24) is 4.98 Å². The first-order valence-electron chi connectivity index (χ1n) is 8.56. The van der Waals surface area contributed by atoms with E-state index >= 15 is 0 Å². The molecule has 3 aromatic rings. The van der Waals surface area contributed by atoms with Gasteiger partial charge in [-0.25, -0.2) is 4.79 Å². The Balaban J connectivity index is 1.59. The molecule has 1 aromatic heterocycles. The number of ether oxygens (including phenoxy) is 2. The normalized spacial score (nSPS) is 10.7. The van der Waals surface area contributed by atoms with Crippen LogP contribution in [0.2, 0.25) is 0 Å². The Morgan fingerprint density at radius 3 is 2.62 bits per heavy atom. The van der Waals surface area contributed by atoms with Crippen LogP contribution in [0.25, 0.3) is 10.9 Å². The number of aromatic amines is 1. The van der Waals surface area contributed by atoms with Gasteiger partial charge < -0.3 is 14.5 Å². The summed E-state index contributed by atoms with van der Waals surface area (Å²) in [5.41, 5.74) is 3.56. The molecule has 0 bridgehead atoms. The van der Waals surface area contributed by atoms with E-state index in [1.54, 1.807) is 12.3 Å². The molecular weight excluding hydrogens is 330 g/mol. The van der Waals surface area contributed by atoms with Gasteiger partial charge in [0.15, 0.2) is 13.2 Å². The molecule has 0 spiro atoms. The lowest BCUT2D eigenvalue weighted by atomic mass is 10.1. The van der Waals surface area contributed by atoms with E-state index in [1.165, 1.54) is 0 Å². The molecule has 0 atom stereocenters. The number of ketones is 1. The average Bonchev–Trinajstić information content (AvgIpc) is 3.09. The van der Waals surface area contributed by atoms with Crippen molar-refractivity contribution in [2.75, 3.05) is 13.2 Å². The third kappa shape index (κ3) is 3.77. The van der Waals surface area contributed by atoms with Crippen molar-refractivity contribution in [3.63, 3.8) is 0 Å². The summed E-state index contributed by atoms with van der Waals surface area (Å²) < 4.78 is 10.5. The second-order valence-electron chi connectivity index (χ2n) is 6.03. The summed E-state index contributed by atoms with van der Waals surface area (Å²) in [5.74, 6) is -0.191. The lowest BCUT2D eigenvalue weighted by Crippen LogP contribution is -2.19. The minimum absolute atomic E-state index is 0.230. The molecule has 0 radical (unpaired) electrons. The molecule has 5 heteroatoms. The number of hydrogen-bond donors (Lipinski definition) is 1. The fourth-order valence-corrected chi connectivity index (χ4v) is 2.86. The lowest BCUT2D eigenvalue weighted by molar-refractivity contribution is -0.144. The molecule has 5 nitrogen and oxygen atoms in total. The number of hydrogen-bond acceptors (Lipinski definition) is 4. The van der Waals surface area contributed by atoms with Crippen LogP contribution in [0.1, 0.15) is 28.4 Å². The Labute approximate surface area is 151 Å². The van der Waals surface area contributed by atoms with Crippen LogP contribution in [0, 0.1) is 6.92 Å². The fraction of sp³-hybridized carbons (Fsp3) is 0.238. The highest BCUT2D eigenvalue weighted by Crippen LogP contribution is 2.22. The van der Waals surface area contributed by atoms with Crippen molar-refractivity contribution in [3.05, 3.63) is 65.4 Å². The van der Waals surface area contributed by atoms with E-state index in [4.69, 9.17) is 9.47 Å². The van der Waals surface area contributed by atoms with Gasteiger partial charge in [-0.15, -0.1) is 0 Å². The van der Waals surface area contributed by atoms with E-state index in [9.17, 15) is 9.59 Å². The molecule has 0 aliphatic carbocycles. The summed E-state index contributed by atoms with van der Waals surface area (Å²) in [5, 5.41) is 0.849. The van der Waals surface area contributed by atoms with Crippen molar-refractivity contribution < 1.29 is 19.1 Å². The van der Waals surface area contributed by atoms with E-state index in [0.717, 1.165) is 28.5 Å². The van der Waals surface area contributed by atoms with Gasteiger partial charge in [0.05, 0.1) is 0 Å². The standard InChI is InChI=1S/C21H21NO4/c1-3-15-8-6-9-16-17(11-22-21(15)16)18(23)12-26-20(24)13-25-19-10-5-4-7-14(19)2/h4-11,22H,3,12-13H2,1-2H3. The van der Waals surface area contributed by atoms with Gasteiger partial charge in [0.1, 0.15) is 5.75 Å². The number of rotatable bonds is 7. The van der Waals surface area contributed by atoms with Crippen LogP contribution in [0.15, 0.2) is 48.7 Å². The van der Waals surface area contributed by atoms with Gasteiger partial charge in [0.2, 0.25) is 5.78 Å². The summed E-state index contributed by atoms with van der Waals surface area (Å²) in [6, 6.07) is 13.2. The van der Waals surface area contributed by atoms with Gasteiger partial charge in [0.25, 0.3) is 0 Å². The number of Topliss-reactive ketones (excluding diaryl/α,β-unsaturated/α-hetero) is 1. The fourth-order valence-electron chi connectivity index (χ4n) is 2.86. The lowest BCUT2D eigenvalue weighted by Gasteiger charge is -2.08. The number of aryl methyl sites for hydroxylation is 2. The van der Waals surface area contributed by atoms with E-state index in [2.05, 4.69) is 11.9 Å². The van der Waals surface area contributed by atoms with Gasteiger partial charge in [-0.2, -0.15) is 0 Å². The molecule has 1 heterocycles. The van der Waals surface area contributed by atoms with E-state index in [-0.39, 0.29) is 19.0 Å². The molecular formula is C21H21NO4. The van der Waals surface area contributed by atoms with Crippen molar-refractivity contribution in [2.45, 2.75) is 20.3 Å². The number of carbonyl (C=O) groups is 2. The largest absolute Gasteiger partial charge is 0.482 e. The number of esters is 1. The smallest absolute Gasteiger partial charge is 0.344 e. The van der Waals surface area contributed by atoms with Crippen LogP contribution in [0.5, 0.6) is 5.75 Å². The number of carbonyl (C=O) groups excluding carboxylic acids is 2. The summed E-state index contributed by atoms with van der Waals surface area (Å²) in [6.45, 7) is 3.42. The maximum Gasteiger partial charge on any atom is 0.344 e. The third-order valence-electron chi connectivity index (χ3n) is 4.29. The van der Waals surface area contributed by atoms with Crippen molar-refractivity contribution in [3.8, 4) is 5.75 Å². The van der Waals surface area contributed by atoms with Crippen molar-refractivity contribution in [1.29, 1.82) is 0 Å². The number of aromatic nitrogens is 1. The number of nitrogens with one attached hydrogen (secondary N) is 1. The second kappa shape index (κ2) is 7.87. The molecule has 0 amide bonds. The predicted molar refractivity (Wildman–Crippen MR) is 99.6 cm³/mol. The van der Waals surface area contributed by atoms with E-state index in [0.29, 0.717) is 11.3 Å². The monoisotopic (exact) mass is 351 g/mol. The molecule has 1 N–H and O–H groups in total. The molecule has 26 heavy (non-hydrogen) atoms. The Kier molecular flexibility index (Phi) is 5.37. The van der Waals surface area contributed by atoms with Crippen LogP contribution in [-0.4, -0.2) is 30.0 Å². The summed E-state index contributed by atoms with van der Waals surface area (Å²) in [6.07, 6.45) is 2.54. The maximum absolute atomic E-state index is 12.4. The van der Waals surface area contributed by atoms with Crippen molar-refractivity contribution >= 4 is 22.7 Å². The van der Waals surface area contributed by atoms with Crippen LogP contribution in [-0.2, 0) is 16.0 Å². The zero-order valence-corrected chi connectivity index (χ0v) is 14.9. The summed E-state index contributed by atoms with van der Waals surface area (Å²) in [7, 11) is 0. The number of fused-ring (bicyclic) bond motifs is 1. The summed E-state index contributed by atoms with van der Waals surface area (Å²) in [4.78, 5) is 27.4. The molecule has 0 saturated heterocycles. The molecule has 134 valence electrons. The van der Waals surface area contributed by atoms with Gasteiger partial charge >= 0.3 is 5.97 Å². The number of para-hydroxylation sites is 2. The van der Waals surface area contributed by atoms with Gasteiger partial charge in [-0.3, -0.25) is 4.79 Å². The highest BCUT2D eigenvalue weighted by Gasteiger charge is 2.16. The quantitative estimate of drug-likeness (QED) is 0.519. The number of benzene rings is 2.